The number of nitrogens with one attached hydrogen (secondary N) is 1. The van der Waals surface area contributed by atoms with Crippen LogP contribution in [0.5, 0.6) is 0 Å². The van der Waals surface area contributed by atoms with Crippen molar-refractivity contribution in [1.82, 2.24) is 5.32 Å². The first-order valence-corrected chi connectivity index (χ1v) is 8.20. The minimum atomic E-state index is 0. The van der Waals surface area contributed by atoms with E-state index >= 15 is 0 Å². The van der Waals surface area contributed by atoms with Crippen LogP contribution in [0.3, 0.4) is 0 Å². The molecule has 1 aromatic rings. The molecule has 1 amide bonds. The molecule has 2 atom stereocenters. The predicted molar refractivity (Wildman–Crippen MR) is 92.3 cm³/mol. The quantitative estimate of drug-likeness (QED) is 0.895. The fourth-order valence-corrected chi connectivity index (χ4v) is 3.73. The molecule has 22 heavy (non-hydrogen) atoms. The van der Waals surface area contributed by atoms with Crippen LogP contribution in [0.4, 0.5) is 0 Å². The van der Waals surface area contributed by atoms with E-state index in [-0.39, 0.29) is 35.7 Å². The van der Waals surface area contributed by atoms with E-state index in [4.69, 9.17) is 5.73 Å². The van der Waals surface area contributed by atoms with Gasteiger partial charge in [0.25, 0.3) is 0 Å². The Bertz CT molecular complexity index is 528. The molecular formula is C18H27ClN2O. The molecule has 0 aliphatic heterocycles. The van der Waals surface area contributed by atoms with Crippen molar-refractivity contribution in [3.8, 4) is 0 Å². The van der Waals surface area contributed by atoms with Crippen molar-refractivity contribution in [3.05, 3.63) is 35.4 Å². The zero-order chi connectivity index (χ0) is 14.9. The molecule has 4 heteroatoms. The number of hydrogen-bond donors (Lipinski definition) is 2. The summed E-state index contributed by atoms with van der Waals surface area (Å²) in [5, 5.41) is 3.21. The van der Waals surface area contributed by atoms with Gasteiger partial charge in [-0.1, -0.05) is 30.7 Å². The normalized spacial score (nSPS) is 25.9. The maximum Gasteiger partial charge on any atom is 0.223 e. The summed E-state index contributed by atoms with van der Waals surface area (Å²) in [5.41, 5.74) is 8.93. The average Bonchev–Trinajstić information content (AvgIpc) is 3.26. The summed E-state index contributed by atoms with van der Waals surface area (Å²) in [7, 11) is 0. The van der Waals surface area contributed by atoms with Crippen LogP contribution < -0.4 is 11.1 Å². The molecule has 2 fully saturated rings. The molecule has 122 valence electrons. The summed E-state index contributed by atoms with van der Waals surface area (Å²) in [6.07, 6.45) is 6.36. The zero-order valence-corrected chi connectivity index (χ0v) is 14.1. The monoisotopic (exact) mass is 322 g/mol. The van der Waals surface area contributed by atoms with E-state index in [1.165, 1.54) is 24.0 Å². The van der Waals surface area contributed by atoms with Gasteiger partial charge in [0.1, 0.15) is 0 Å². The van der Waals surface area contributed by atoms with Gasteiger partial charge < -0.3 is 11.1 Å². The van der Waals surface area contributed by atoms with E-state index in [9.17, 15) is 4.79 Å². The third-order valence-electron chi connectivity index (χ3n) is 5.26. The Kier molecular flexibility index (Phi) is 5.51. The lowest BCUT2D eigenvalue weighted by Gasteiger charge is -2.27. The Balaban J connectivity index is 0.00000176. The summed E-state index contributed by atoms with van der Waals surface area (Å²) < 4.78 is 0. The Morgan fingerprint density at radius 2 is 2.05 bits per heavy atom. The van der Waals surface area contributed by atoms with Gasteiger partial charge in [0, 0.05) is 23.9 Å². The fourth-order valence-electron chi connectivity index (χ4n) is 3.73. The van der Waals surface area contributed by atoms with Gasteiger partial charge in [0.05, 0.1) is 0 Å². The summed E-state index contributed by atoms with van der Waals surface area (Å²) in [5.74, 6) is 0.339. The van der Waals surface area contributed by atoms with Gasteiger partial charge in [0.15, 0.2) is 0 Å². The molecule has 0 heterocycles. The molecule has 3 N–H and O–H groups in total. The summed E-state index contributed by atoms with van der Waals surface area (Å²) in [4.78, 5) is 12.4. The molecular weight excluding hydrogens is 296 g/mol. The summed E-state index contributed by atoms with van der Waals surface area (Å²) in [6.45, 7) is 2.94. The number of carbonyl (C=O) groups is 1. The third kappa shape index (κ3) is 3.64. The van der Waals surface area contributed by atoms with Crippen LogP contribution >= 0.6 is 12.4 Å². The minimum Gasteiger partial charge on any atom is -0.355 e. The smallest absolute Gasteiger partial charge is 0.223 e. The number of aryl methyl sites for hydroxylation is 1. The highest BCUT2D eigenvalue weighted by atomic mass is 35.5. The van der Waals surface area contributed by atoms with Crippen molar-refractivity contribution in [1.29, 1.82) is 0 Å². The van der Waals surface area contributed by atoms with Gasteiger partial charge in [-0.25, -0.2) is 0 Å². The second-order valence-electron chi connectivity index (χ2n) is 6.94. The van der Waals surface area contributed by atoms with Gasteiger partial charge >= 0.3 is 0 Å². The lowest BCUT2D eigenvalue weighted by Crippen LogP contribution is -2.40. The highest BCUT2D eigenvalue weighted by Gasteiger charge is 2.45. The maximum atomic E-state index is 12.4. The van der Waals surface area contributed by atoms with Gasteiger partial charge in [-0.3, -0.25) is 4.79 Å². The number of nitrogens with two attached hydrogens (primary N) is 1. The standard InChI is InChI=1S/C18H26N2O.ClH/c1-13-5-2-3-8-16(13)18(9-10-18)12-20-17(21)14-6-4-7-15(19)11-14;/h2-3,5,8,14-15H,4,6-7,9-12,19H2,1H3,(H,20,21);1H. The van der Waals surface area contributed by atoms with Crippen LogP contribution in [0.1, 0.15) is 49.7 Å². The van der Waals surface area contributed by atoms with Crippen LogP contribution in [0.2, 0.25) is 0 Å². The van der Waals surface area contributed by atoms with Crippen LogP contribution in [0.15, 0.2) is 24.3 Å². The van der Waals surface area contributed by atoms with E-state index in [0.717, 1.165) is 32.2 Å². The van der Waals surface area contributed by atoms with Crippen LogP contribution in [0, 0.1) is 12.8 Å². The Morgan fingerprint density at radius 3 is 2.68 bits per heavy atom. The molecule has 2 unspecified atom stereocenters. The van der Waals surface area contributed by atoms with Crippen molar-refractivity contribution in [3.63, 3.8) is 0 Å². The topological polar surface area (TPSA) is 55.1 Å². The average molecular weight is 323 g/mol. The number of amides is 1. The predicted octanol–water partition coefficient (Wildman–Crippen LogP) is 3.08. The molecule has 2 aliphatic rings. The first-order valence-electron chi connectivity index (χ1n) is 8.20. The van der Waals surface area contributed by atoms with Crippen molar-refractivity contribution in [2.24, 2.45) is 11.7 Å². The third-order valence-corrected chi connectivity index (χ3v) is 5.26. The van der Waals surface area contributed by atoms with E-state index in [1.807, 2.05) is 0 Å². The Labute approximate surface area is 139 Å². The number of carbonyl (C=O) groups excluding carboxylic acids is 1. The van der Waals surface area contributed by atoms with Crippen LogP contribution in [0.25, 0.3) is 0 Å². The molecule has 0 aromatic heterocycles. The molecule has 1 aromatic carbocycles. The van der Waals surface area contributed by atoms with Gasteiger partial charge in [-0.05, 0) is 50.2 Å². The largest absolute Gasteiger partial charge is 0.355 e. The van der Waals surface area contributed by atoms with Crippen molar-refractivity contribution < 1.29 is 4.79 Å². The molecule has 0 radical (unpaired) electrons. The lowest BCUT2D eigenvalue weighted by atomic mass is 9.85. The van der Waals surface area contributed by atoms with Crippen molar-refractivity contribution in [2.75, 3.05) is 6.54 Å². The zero-order valence-electron chi connectivity index (χ0n) is 13.3. The summed E-state index contributed by atoms with van der Waals surface area (Å²) in [6, 6.07) is 8.77. The van der Waals surface area contributed by atoms with Crippen LogP contribution in [-0.4, -0.2) is 18.5 Å². The molecule has 0 bridgehead atoms. The van der Waals surface area contributed by atoms with Gasteiger partial charge in [-0.15, -0.1) is 12.4 Å². The molecule has 2 aliphatic carbocycles. The van der Waals surface area contributed by atoms with Crippen LogP contribution in [-0.2, 0) is 10.2 Å². The van der Waals surface area contributed by atoms with E-state index in [0.29, 0.717) is 0 Å². The summed E-state index contributed by atoms with van der Waals surface area (Å²) >= 11 is 0. The molecule has 0 saturated heterocycles. The highest BCUT2D eigenvalue weighted by Crippen LogP contribution is 2.48. The van der Waals surface area contributed by atoms with Gasteiger partial charge in [0.2, 0.25) is 5.91 Å². The fraction of sp³-hybridized carbons (Fsp3) is 0.611. The van der Waals surface area contributed by atoms with Gasteiger partial charge in [-0.2, -0.15) is 0 Å². The molecule has 2 saturated carbocycles. The second kappa shape index (κ2) is 7.01. The second-order valence-corrected chi connectivity index (χ2v) is 6.94. The van der Waals surface area contributed by atoms with Crippen molar-refractivity contribution >= 4 is 18.3 Å². The number of halogens is 1. The number of rotatable bonds is 4. The van der Waals surface area contributed by atoms with E-state index < -0.39 is 0 Å². The van der Waals surface area contributed by atoms with Crippen molar-refractivity contribution in [2.45, 2.75) is 56.9 Å². The lowest BCUT2D eigenvalue weighted by molar-refractivity contribution is -0.126. The first-order chi connectivity index (χ1) is 10.1. The Hall–Kier alpha value is -1.06. The maximum absolute atomic E-state index is 12.4. The van der Waals surface area contributed by atoms with E-state index in [2.05, 4.69) is 36.5 Å². The Morgan fingerprint density at radius 1 is 1.32 bits per heavy atom. The minimum absolute atomic E-state index is 0. The van der Waals surface area contributed by atoms with E-state index in [1.54, 1.807) is 0 Å². The SMILES string of the molecule is Cc1ccccc1C1(CNC(=O)C2CCCC(N)C2)CC1.Cl. The number of hydrogen-bond acceptors (Lipinski definition) is 2. The highest BCUT2D eigenvalue weighted by molar-refractivity contribution is 5.85. The molecule has 0 spiro atoms. The molecule has 3 rings (SSSR count). The number of benzene rings is 1. The molecule has 3 nitrogen and oxygen atoms in total. The first kappa shape index (κ1) is 17.3.